The molecular formula is C29H23ClN2O7. The van der Waals surface area contributed by atoms with Crippen LogP contribution in [0, 0.1) is 0 Å². The van der Waals surface area contributed by atoms with Crippen molar-refractivity contribution in [3.63, 3.8) is 0 Å². The fraction of sp³-hybridized carbons (Fsp3) is 0.138. The summed E-state index contributed by atoms with van der Waals surface area (Å²) in [7, 11) is 0. The highest BCUT2D eigenvalue weighted by molar-refractivity contribution is 6.30. The van der Waals surface area contributed by atoms with Gasteiger partial charge in [0.25, 0.3) is 5.91 Å². The van der Waals surface area contributed by atoms with Gasteiger partial charge in [-0.15, -0.1) is 0 Å². The quantitative estimate of drug-likeness (QED) is 0.203. The van der Waals surface area contributed by atoms with E-state index >= 15 is 0 Å². The van der Waals surface area contributed by atoms with Gasteiger partial charge in [-0.3, -0.25) is 4.79 Å². The molecule has 39 heavy (non-hydrogen) atoms. The molecule has 0 saturated carbocycles. The molecule has 0 unspecified atom stereocenters. The van der Waals surface area contributed by atoms with E-state index in [2.05, 4.69) is 10.3 Å². The average Bonchev–Trinajstić information content (AvgIpc) is 3.29. The SMILES string of the molecule is C[C@H](Oc1ccc2cc(-c3ccc(Cl)cc3)c(=O)oc2c1)C(=O)N[C@H](Cc1c[nH]c2ccc(O)cc12)C(=O)O. The number of benzene rings is 3. The standard InChI is InChI=1S/C29H23ClN2O7/c1-15(27(34)32-25(28(35)36)11-18-14-31-24-9-7-20(33)12-22(18)24)38-21-8-4-17-10-23(29(37)39-26(17)13-21)16-2-5-19(30)6-3-16/h2-10,12-15,25,31,33H,11H2,1H3,(H,32,34)(H,35,36)/t15-,25+/m0/s1. The number of amides is 1. The van der Waals surface area contributed by atoms with Crippen LogP contribution in [0.2, 0.25) is 5.02 Å². The summed E-state index contributed by atoms with van der Waals surface area (Å²) < 4.78 is 11.2. The summed E-state index contributed by atoms with van der Waals surface area (Å²) in [6.45, 7) is 1.49. The molecule has 5 rings (SSSR count). The second kappa shape index (κ2) is 10.5. The normalized spacial score (nSPS) is 12.8. The van der Waals surface area contributed by atoms with Crippen LogP contribution in [-0.2, 0) is 16.0 Å². The van der Waals surface area contributed by atoms with Gasteiger partial charge in [-0.25, -0.2) is 9.59 Å². The number of aromatic nitrogens is 1. The predicted molar refractivity (Wildman–Crippen MR) is 146 cm³/mol. The molecule has 0 spiro atoms. The van der Waals surface area contributed by atoms with Gasteiger partial charge in [-0.1, -0.05) is 23.7 Å². The Balaban J connectivity index is 1.29. The van der Waals surface area contributed by atoms with Gasteiger partial charge < -0.3 is 29.7 Å². The summed E-state index contributed by atoms with van der Waals surface area (Å²) in [5.41, 5.74) is 2.14. The van der Waals surface area contributed by atoms with Gasteiger partial charge in [0.15, 0.2) is 6.10 Å². The summed E-state index contributed by atoms with van der Waals surface area (Å²) in [4.78, 5) is 40.4. The van der Waals surface area contributed by atoms with Gasteiger partial charge in [0.2, 0.25) is 0 Å². The molecule has 2 heterocycles. The lowest BCUT2D eigenvalue weighted by atomic mass is 10.0. The van der Waals surface area contributed by atoms with Crippen LogP contribution in [0.1, 0.15) is 12.5 Å². The van der Waals surface area contributed by atoms with Gasteiger partial charge in [-0.2, -0.15) is 0 Å². The van der Waals surface area contributed by atoms with E-state index in [9.17, 15) is 24.6 Å². The first-order valence-corrected chi connectivity index (χ1v) is 12.4. The van der Waals surface area contributed by atoms with Crippen molar-refractivity contribution in [2.45, 2.75) is 25.5 Å². The molecular weight excluding hydrogens is 524 g/mol. The van der Waals surface area contributed by atoms with E-state index in [1.807, 2.05) is 0 Å². The van der Waals surface area contributed by atoms with Crippen LogP contribution in [0.25, 0.3) is 33.0 Å². The van der Waals surface area contributed by atoms with E-state index in [0.29, 0.717) is 32.5 Å². The highest BCUT2D eigenvalue weighted by Crippen LogP contribution is 2.26. The number of nitrogens with one attached hydrogen (secondary N) is 2. The number of hydrogen-bond acceptors (Lipinski definition) is 6. The second-order valence-corrected chi connectivity index (χ2v) is 9.50. The third kappa shape index (κ3) is 5.58. The van der Waals surface area contributed by atoms with Crippen molar-refractivity contribution in [2.24, 2.45) is 0 Å². The van der Waals surface area contributed by atoms with Crippen LogP contribution in [0.5, 0.6) is 11.5 Å². The molecule has 5 aromatic rings. The number of carbonyl (C=O) groups excluding carboxylic acids is 1. The number of fused-ring (bicyclic) bond motifs is 2. The fourth-order valence-corrected chi connectivity index (χ4v) is 4.42. The Morgan fingerprint density at radius 1 is 1.08 bits per heavy atom. The topological polar surface area (TPSA) is 142 Å². The highest BCUT2D eigenvalue weighted by Gasteiger charge is 2.25. The van der Waals surface area contributed by atoms with Gasteiger partial charge in [0.1, 0.15) is 23.1 Å². The van der Waals surface area contributed by atoms with Crippen LogP contribution >= 0.6 is 11.6 Å². The van der Waals surface area contributed by atoms with Crippen LogP contribution in [0.15, 0.2) is 82.1 Å². The van der Waals surface area contributed by atoms with E-state index in [0.717, 1.165) is 5.52 Å². The largest absolute Gasteiger partial charge is 0.508 e. The third-order valence-corrected chi connectivity index (χ3v) is 6.59. The first-order chi connectivity index (χ1) is 18.7. The van der Waals surface area contributed by atoms with Gasteiger partial charge in [0, 0.05) is 40.0 Å². The molecule has 9 nitrogen and oxygen atoms in total. The number of aliphatic carboxylic acids is 1. The number of ether oxygens (including phenoxy) is 1. The monoisotopic (exact) mass is 546 g/mol. The number of carbonyl (C=O) groups is 2. The Morgan fingerprint density at radius 3 is 2.59 bits per heavy atom. The first kappa shape index (κ1) is 25.9. The third-order valence-electron chi connectivity index (χ3n) is 6.33. The molecule has 2 atom stereocenters. The number of carboxylic acids is 1. The second-order valence-electron chi connectivity index (χ2n) is 9.06. The Kier molecular flexibility index (Phi) is 7.00. The lowest BCUT2D eigenvalue weighted by Gasteiger charge is -2.19. The zero-order valence-corrected chi connectivity index (χ0v) is 21.4. The summed E-state index contributed by atoms with van der Waals surface area (Å²) in [5.74, 6) is -1.53. The number of halogens is 1. The number of carboxylic acid groups (broad SMARTS) is 1. The number of H-pyrrole nitrogens is 1. The highest BCUT2D eigenvalue weighted by atomic mass is 35.5. The Bertz CT molecular complexity index is 1760. The predicted octanol–water partition coefficient (Wildman–Crippen LogP) is 4.88. The van der Waals surface area contributed by atoms with Crippen molar-refractivity contribution in [1.82, 2.24) is 10.3 Å². The number of phenolic OH excluding ortho intramolecular Hbond substituents is 1. The van der Waals surface area contributed by atoms with E-state index in [-0.39, 0.29) is 23.5 Å². The summed E-state index contributed by atoms with van der Waals surface area (Å²) in [6.07, 6.45) is 0.596. The molecule has 1 amide bonds. The molecule has 3 aromatic carbocycles. The maximum absolute atomic E-state index is 12.8. The van der Waals surface area contributed by atoms with Crippen LogP contribution in [0.4, 0.5) is 0 Å². The molecule has 0 aliphatic rings. The van der Waals surface area contributed by atoms with Gasteiger partial charge in [-0.05, 0) is 66.6 Å². The number of hydrogen-bond donors (Lipinski definition) is 4. The molecule has 0 radical (unpaired) electrons. The molecule has 10 heteroatoms. The zero-order valence-electron chi connectivity index (χ0n) is 20.6. The van der Waals surface area contributed by atoms with E-state index < -0.39 is 29.6 Å². The fourth-order valence-electron chi connectivity index (χ4n) is 4.30. The molecule has 4 N–H and O–H groups in total. The molecule has 0 aliphatic heterocycles. The van der Waals surface area contributed by atoms with E-state index in [1.54, 1.807) is 54.7 Å². The minimum atomic E-state index is -1.23. The Hall–Kier alpha value is -4.76. The molecule has 0 aliphatic carbocycles. The van der Waals surface area contributed by atoms with E-state index in [1.165, 1.54) is 25.1 Å². The molecule has 198 valence electrons. The van der Waals surface area contributed by atoms with Crippen molar-refractivity contribution >= 4 is 45.3 Å². The lowest BCUT2D eigenvalue weighted by Crippen LogP contribution is -2.47. The average molecular weight is 547 g/mol. The summed E-state index contributed by atoms with van der Waals surface area (Å²) >= 11 is 5.93. The molecule has 0 fully saturated rings. The Morgan fingerprint density at radius 2 is 1.85 bits per heavy atom. The first-order valence-electron chi connectivity index (χ1n) is 12.0. The lowest BCUT2D eigenvalue weighted by molar-refractivity contribution is -0.142. The maximum atomic E-state index is 12.8. The number of aromatic hydroxyl groups is 1. The summed E-state index contributed by atoms with van der Waals surface area (Å²) in [6, 6.07) is 16.9. The molecule has 0 bridgehead atoms. The van der Waals surface area contributed by atoms with E-state index in [4.69, 9.17) is 20.8 Å². The van der Waals surface area contributed by atoms with Crippen molar-refractivity contribution in [3.8, 4) is 22.6 Å². The van der Waals surface area contributed by atoms with Crippen molar-refractivity contribution < 1.29 is 29.0 Å². The zero-order chi connectivity index (χ0) is 27.7. The Labute approximate surface area is 226 Å². The minimum absolute atomic E-state index is 0.00562. The molecule has 2 aromatic heterocycles. The maximum Gasteiger partial charge on any atom is 0.344 e. The van der Waals surface area contributed by atoms with Crippen molar-refractivity contribution in [1.29, 1.82) is 0 Å². The van der Waals surface area contributed by atoms with Gasteiger partial charge >= 0.3 is 11.6 Å². The van der Waals surface area contributed by atoms with Crippen LogP contribution in [0.3, 0.4) is 0 Å². The molecule has 0 saturated heterocycles. The summed E-state index contributed by atoms with van der Waals surface area (Å²) in [5, 5.41) is 23.9. The van der Waals surface area contributed by atoms with Crippen molar-refractivity contribution in [3.05, 3.63) is 93.9 Å². The number of rotatable bonds is 8. The van der Waals surface area contributed by atoms with Gasteiger partial charge in [0.05, 0.1) is 5.56 Å². The van der Waals surface area contributed by atoms with Crippen molar-refractivity contribution in [2.75, 3.05) is 0 Å². The number of aromatic amines is 1. The number of phenols is 1. The smallest absolute Gasteiger partial charge is 0.344 e. The minimum Gasteiger partial charge on any atom is -0.508 e. The van der Waals surface area contributed by atoms with Crippen LogP contribution < -0.4 is 15.7 Å². The van der Waals surface area contributed by atoms with Crippen LogP contribution in [-0.4, -0.2) is 39.2 Å².